The van der Waals surface area contributed by atoms with Crippen LogP contribution in [0.15, 0.2) is 45.3 Å². The Balaban J connectivity index is 1.39. The zero-order valence-electron chi connectivity index (χ0n) is 14.8. The minimum absolute atomic E-state index is 0.218. The summed E-state index contributed by atoms with van der Waals surface area (Å²) in [5.74, 6) is -1.06. The Morgan fingerprint density at radius 3 is 2.75 bits per heavy atom. The fourth-order valence-electron chi connectivity index (χ4n) is 3.23. The van der Waals surface area contributed by atoms with E-state index in [0.29, 0.717) is 13.1 Å². The number of esters is 1. The van der Waals surface area contributed by atoms with E-state index in [4.69, 9.17) is 4.74 Å². The first-order chi connectivity index (χ1) is 13.5. The van der Waals surface area contributed by atoms with E-state index in [1.165, 1.54) is 17.0 Å². The standard InChI is InChI=1S/C19H17N3O5S/c23-16(21-7-5-15-12(9-21)6-8-28-15)11-27-17(24)10-22-19(26)14-4-2-1-3-13(14)18(25)20-22/h1-4,6,8H,5,7,9-11H2,(H,20,25). The molecule has 0 unspecified atom stereocenters. The van der Waals surface area contributed by atoms with E-state index >= 15 is 0 Å². The molecule has 1 amide bonds. The van der Waals surface area contributed by atoms with Crippen LogP contribution in [0.5, 0.6) is 0 Å². The van der Waals surface area contributed by atoms with Crippen molar-refractivity contribution < 1.29 is 14.3 Å². The molecule has 0 fully saturated rings. The van der Waals surface area contributed by atoms with Crippen LogP contribution in [0.2, 0.25) is 0 Å². The number of nitrogens with one attached hydrogen (secondary N) is 1. The van der Waals surface area contributed by atoms with Gasteiger partial charge in [0.15, 0.2) is 6.61 Å². The number of hydrogen-bond donors (Lipinski definition) is 1. The monoisotopic (exact) mass is 399 g/mol. The highest BCUT2D eigenvalue weighted by Gasteiger charge is 2.22. The highest BCUT2D eigenvalue weighted by Crippen LogP contribution is 2.23. The first-order valence-electron chi connectivity index (χ1n) is 8.73. The zero-order valence-corrected chi connectivity index (χ0v) is 15.7. The number of fused-ring (bicyclic) bond motifs is 2. The Labute approximate surface area is 162 Å². The summed E-state index contributed by atoms with van der Waals surface area (Å²) >= 11 is 1.68. The fourth-order valence-corrected chi connectivity index (χ4v) is 4.12. The Morgan fingerprint density at radius 1 is 1.14 bits per heavy atom. The number of nitrogens with zero attached hydrogens (tertiary/aromatic N) is 2. The average molecular weight is 399 g/mol. The molecule has 4 rings (SSSR count). The average Bonchev–Trinajstić information content (AvgIpc) is 3.18. The molecule has 1 aromatic carbocycles. The molecule has 0 saturated heterocycles. The van der Waals surface area contributed by atoms with Crippen molar-refractivity contribution in [1.29, 1.82) is 0 Å². The topological polar surface area (TPSA) is 101 Å². The predicted octanol–water partition coefficient (Wildman–Crippen LogP) is 0.879. The fraction of sp³-hybridized carbons (Fsp3) is 0.263. The number of carbonyl (C=O) groups is 2. The second-order valence-corrected chi connectivity index (χ2v) is 7.47. The number of hydrogen-bond acceptors (Lipinski definition) is 6. The van der Waals surface area contributed by atoms with Crippen molar-refractivity contribution in [2.24, 2.45) is 0 Å². The van der Waals surface area contributed by atoms with Gasteiger partial charge in [0, 0.05) is 18.0 Å². The summed E-state index contributed by atoms with van der Waals surface area (Å²) in [7, 11) is 0. The molecular formula is C19H17N3O5S. The quantitative estimate of drug-likeness (QED) is 0.657. The van der Waals surface area contributed by atoms with Gasteiger partial charge < -0.3 is 9.64 Å². The van der Waals surface area contributed by atoms with E-state index in [1.54, 1.807) is 28.4 Å². The minimum Gasteiger partial charge on any atom is -0.454 e. The van der Waals surface area contributed by atoms with Crippen molar-refractivity contribution in [2.45, 2.75) is 19.5 Å². The Hall–Kier alpha value is -3.20. The van der Waals surface area contributed by atoms with E-state index in [2.05, 4.69) is 5.10 Å². The number of thiophene rings is 1. The van der Waals surface area contributed by atoms with Crippen molar-refractivity contribution in [2.75, 3.05) is 13.2 Å². The lowest BCUT2D eigenvalue weighted by Gasteiger charge is -2.26. The molecule has 9 heteroatoms. The number of H-pyrrole nitrogens is 1. The van der Waals surface area contributed by atoms with Crippen molar-refractivity contribution in [1.82, 2.24) is 14.7 Å². The second kappa shape index (κ2) is 7.43. The molecule has 0 aliphatic carbocycles. The van der Waals surface area contributed by atoms with Gasteiger partial charge >= 0.3 is 5.97 Å². The first-order valence-corrected chi connectivity index (χ1v) is 9.61. The third-order valence-electron chi connectivity index (χ3n) is 4.69. The lowest BCUT2D eigenvalue weighted by Crippen LogP contribution is -2.39. The van der Waals surface area contributed by atoms with Crippen LogP contribution in [0.1, 0.15) is 10.4 Å². The van der Waals surface area contributed by atoms with Crippen LogP contribution in [0.25, 0.3) is 10.8 Å². The van der Waals surface area contributed by atoms with Crippen molar-refractivity contribution in [3.63, 3.8) is 0 Å². The third kappa shape index (κ3) is 3.48. The van der Waals surface area contributed by atoms with Crippen LogP contribution in [0.4, 0.5) is 0 Å². The number of ether oxygens (including phenoxy) is 1. The Kier molecular flexibility index (Phi) is 4.82. The van der Waals surface area contributed by atoms with Gasteiger partial charge in [-0.25, -0.2) is 4.68 Å². The summed E-state index contributed by atoms with van der Waals surface area (Å²) in [6, 6.07) is 8.35. The zero-order chi connectivity index (χ0) is 19.7. The molecule has 0 saturated carbocycles. The summed E-state index contributed by atoms with van der Waals surface area (Å²) in [6.07, 6.45) is 0.792. The third-order valence-corrected chi connectivity index (χ3v) is 5.71. The Morgan fingerprint density at radius 2 is 1.93 bits per heavy atom. The number of rotatable bonds is 4. The maximum absolute atomic E-state index is 12.4. The molecule has 0 atom stereocenters. The van der Waals surface area contributed by atoms with Gasteiger partial charge in [0.2, 0.25) is 0 Å². The van der Waals surface area contributed by atoms with Gasteiger partial charge in [-0.15, -0.1) is 11.3 Å². The molecule has 144 valence electrons. The van der Waals surface area contributed by atoms with E-state index in [-0.39, 0.29) is 16.7 Å². The molecule has 28 heavy (non-hydrogen) atoms. The number of aromatic nitrogens is 2. The highest BCUT2D eigenvalue weighted by atomic mass is 32.1. The molecule has 0 spiro atoms. The molecule has 1 N–H and O–H groups in total. The normalized spacial score (nSPS) is 13.4. The van der Waals surface area contributed by atoms with Crippen LogP contribution < -0.4 is 11.1 Å². The molecule has 3 heterocycles. The van der Waals surface area contributed by atoms with E-state index in [0.717, 1.165) is 16.7 Å². The van der Waals surface area contributed by atoms with Gasteiger partial charge in [-0.2, -0.15) is 0 Å². The molecule has 1 aliphatic heterocycles. The van der Waals surface area contributed by atoms with Crippen molar-refractivity contribution in [3.8, 4) is 0 Å². The van der Waals surface area contributed by atoms with Gasteiger partial charge in [0.25, 0.3) is 17.0 Å². The van der Waals surface area contributed by atoms with Gasteiger partial charge in [-0.05, 0) is 35.6 Å². The molecule has 2 aromatic heterocycles. The molecular weight excluding hydrogens is 382 g/mol. The van der Waals surface area contributed by atoms with E-state index < -0.39 is 30.2 Å². The summed E-state index contributed by atoms with van der Waals surface area (Å²) in [6.45, 7) is 0.222. The molecule has 0 bridgehead atoms. The molecule has 1 aliphatic rings. The number of aromatic amines is 1. The van der Waals surface area contributed by atoms with Crippen LogP contribution in [-0.4, -0.2) is 39.7 Å². The van der Waals surface area contributed by atoms with Crippen molar-refractivity contribution in [3.05, 3.63) is 66.9 Å². The van der Waals surface area contributed by atoms with Crippen LogP contribution in [-0.2, 0) is 33.8 Å². The number of amides is 1. The van der Waals surface area contributed by atoms with Crippen LogP contribution in [0.3, 0.4) is 0 Å². The maximum Gasteiger partial charge on any atom is 0.328 e. The Bertz CT molecular complexity index is 1180. The van der Waals surface area contributed by atoms with Crippen LogP contribution in [0, 0.1) is 0 Å². The second-order valence-electron chi connectivity index (χ2n) is 6.47. The predicted molar refractivity (Wildman–Crippen MR) is 103 cm³/mol. The summed E-state index contributed by atoms with van der Waals surface area (Å²) in [5, 5.41) is 4.84. The lowest BCUT2D eigenvalue weighted by atomic mass is 10.1. The maximum atomic E-state index is 12.4. The van der Waals surface area contributed by atoms with Gasteiger partial charge in [-0.3, -0.25) is 24.3 Å². The highest BCUT2D eigenvalue weighted by molar-refractivity contribution is 7.10. The molecule has 3 aromatic rings. The summed E-state index contributed by atoms with van der Waals surface area (Å²) in [4.78, 5) is 51.8. The lowest BCUT2D eigenvalue weighted by molar-refractivity contribution is -0.153. The molecule has 8 nitrogen and oxygen atoms in total. The number of benzene rings is 1. The SMILES string of the molecule is O=C(Cn1[nH]c(=O)c2ccccc2c1=O)OCC(=O)N1CCc2sccc2C1. The van der Waals surface area contributed by atoms with Gasteiger partial charge in [-0.1, -0.05) is 12.1 Å². The summed E-state index contributed by atoms with van der Waals surface area (Å²) < 4.78 is 5.93. The first kappa shape index (κ1) is 18.2. The van der Waals surface area contributed by atoms with Gasteiger partial charge in [0.05, 0.1) is 10.8 Å². The van der Waals surface area contributed by atoms with Gasteiger partial charge in [0.1, 0.15) is 6.54 Å². The van der Waals surface area contributed by atoms with Crippen molar-refractivity contribution >= 4 is 34.0 Å². The minimum atomic E-state index is -0.769. The molecule has 0 radical (unpaired) electrons. The largest absolute Gasteiger partial charge is 0.454 e. The van der Waals surface area contributed by atoms with E-state index in [9.17, 15) is 19.2 Å². The van der Waals surface area contributed by atoms with E-state index in [1.807, 2.05) is 11.4 Å². The number of carbonyl (C=O) groups excluding carboxylic acids is 2. The summed E-state index contributed by atoms with van der Waals surface area (Å²) in [5.41, 5.74) is 0.148. The van der Waals surface area contributed by atoms with Crippen LogP contribution >= 0.6 is 11.3 Å². The smallest absolute Gasteiger partial charge is 0.328 e.